The van der Waals surface area contributed by atoms with E-state index < -0.39 is 11.6 Å². The summed E-state index contributed by atoms with van der Waals surface area (Å²) < 4.78 is 5.45. The summed E-state index contributed by atoms with van der Waals surface area (Å²) in [6.07, 6.45) is -0.611. The maximum atomic E-state index is 12.0. The van der Waals surface area contributed by atoms with Gasteiger partial charge in [-0.15, -0.1) is 0 Å². The second-order valence-electron chi connectivity index (χ2n) is 5.51. The minimum atomic E-state index is -0.611. The largest absolute Gasteiger partial charge is 0.437 e. The van der Waals surface area contributed by atoms with Crippen LogP contribution in [-0.2, 0) is 9.53 Å². The van der Waals surface area contributed by atoms with E-state index in [0.717, 1.165) is 5.56 Å². The molecule has 4 nitrogen and oxygen atoms in total. The van der Waals surface area contributed by atoms with E-state index in [4.69, 9.17) is 4.74 Å². The Hall–Kier alpha value is -1.84. The molecule has 0 saturated heterocycles. The molecular weight excluding hydrogens is 230 g/mol. The van der Waals surface area contributed by atoms with Crippen LogP contribution in [0.2, 0.25) is 0 Å². The van der Waals surface area contributed by atoms with Crippen molar-refractivity contribution in [1.29, 1.82) is 0 Å². The van der Waals surface area contributed by atoms with Gasteiger partial charge in [-0.05, 0) is 26.8 Å². The van der Waals surface area contributed by atoms with E-state index in [2.05, 4.69) is 0 Å². The Morgan fingerprint density at radius 2 is 1.89 bits per heavy atom. The summed E-state index contributed by atoms with van der Waals surface area (Å²) in [5, 5.41) is 0. The van der Waals surface area contributed by atoms with Crippen LogP contribution in [0.5, 0.6) is 0 Å². The first kappa shape index (κ1) is 12.6. The van der Waals surface area contributed by atoms with Gasteiger partial charge in [-0.25, -0.2) is 0 Å². The number of hydrogen-bond acceptors (Lipinski definition) is 3. The number of carbonyl (C=O) groups excluding carboxylic acids is 2. The maximum Gasteiger partial charge on any atom is 0.313 e. The Kier molecular flexibility index (Phi) is 2.89. The van der Waals surface area contributed by atoms with Crippen LogP contribution in [0.3, 0.4) is 0 Å². The summed E-state index contributed by atoms with van der Waals surface area (Å²) in [6, 6.07) is 7.21. The number of ether oxygens (including phenoxy) is 1. The average molecular weight is 247 g/mol. The van der Waals surface area contributed by atoms with Crippen LogP contribution in [0.4, 0.5) is 0 Å². The third-order valence-electron chi connectivity index (χ3n) is 2.96. The van der Waals surface area contributed by atoms with Gasteiger partial charge in [0.2, 0.25) is 6.23 Å². The molecule has 96 valence electrons. The zero-order chi connectivity index (χ0) is 13.5. The first-order chi connectivity index (χ1) is 8.32. The van der Waals surface area contributed by atoms with E-state index in [0.29, 0.717) is 5.56 Å². The Morgan fingerprint density at radius 1 is 1.28 bits per heavy atom. The molecule has 0 radical (unpaired) electrons. The summed E-state index contributed by atoms with van der Waals surface area (Å²) in [5.41, 5.74) is 0.774. The molecule has 0 saturated carbocycles. The maximum absolute atomic E-state index is 12.0. The number of fused-ring (bicyclic) bond motifs is 1. The molecule has 1 amide bonds. The third-order valence-corrected chi connectivity index (χ3v) is 2.96. The monoisotopic (exact) mass is 247 g/mol. The molecule has 0 aromatic heterocycles. The number of hydrogen-bond donors (Lipinski definition) is 0. The quantitative estimate of drug-likeness (QED) is 0.716. The molecule has 1 aliphatic rings. The summed E-state index contributed by atoms with van der Waals surface area (Å²) in [5.74, 6) is -0.429. The van der Waals surface area contributed by atoms with Crippen molar-refractivity contribution < 1.29 is 14.3 Å². The number of carbonyl (C=O) groups is 2. The third kappa shape index (κ3) is 1.98. The Balaban J connectivity index is 2.30. The molecule has 1 heterocycles. The van der Waals surface area contributed by atoms with Crippen LogP contribution >= 0.6 is 0 Å². The molecule has 0 fully saturated rings. The van der Waals surface area contributed by atoms with Gasteiger partial charge >= 0.3 is 5.97 Å². The molecule has 0 aliphatic carbocycles. The fourth-order valence-corrected chi connectivity index (χ4v) is 1.83. The van der Waals surface area contributed by atoms with Gasteiger partial charge in [-0.1, -0.05) is 18.2 Å². The first-order valence-corrected chi connectivity index (χ1v) is 5.89. The van der Waals surface area contributed by atoms with Crippen LogP contribution < -0.4 is 0 Å². The van der Waals surface area contributed by atoms with Gasteiger partial charge in [0.25, 0.3) is 5.91 Å². The van der Waals surface area contributed by atoms with Crippen molar-refractivity contribution in [1.82, 2.24) is 4.90 Å². The van der Waals surface area contributed by atoms with E-state index >= 15 is 0 Å². The van der Waals surface area contributed by atoms with Crippen molar-refractivity contribution in [2.24, 2.45) is 5.41 Å². The lowest BCUT2D eigenvalue weighted by Crippen LogP contribution is -2.31. The number of benzene rings is 1. The molecular formula is C14H17NO3. The lowest BCUT2D eigenvalue weighted by molar-refractivity contribution is -0.165. The Morgan fingerprint density at radius 3 is 2.50 bits per heavy atom. The van der Waals surface area contributed by atoms with Crippen molar-refractivity contribution in [3.63, 3.8) is 0 Å². The second-order valence-corrected chi connectivity index (χ2v) is 5.51. The number of amides is 1. The van der Waals surface area contributed by atoms with Crippen molar-refractivity contribution >= 4 is 11.9 Å². The minimum Gasteiger partial charge on any atom is -0.437 e. The topological polar surface area (TPSA) is 46.6 Å². The standard InChI is InChI=1S/C14H17NO3/c1-14(2,3)13(17)18-12-10-8-6-5-7-9(10)11(16)15(12)4/h5-8,12H,1-4H3/t12-/m0/s1. The first-order valence-electron chi connectivity index (χ1n) is 5.89. The highest BCUT2D eigenvalue weighted by atomic mass is 16.6. The molecule has 0 unspecified atom stereocenters. The highest BCUT2D eigenvalue weighted by molar-refractivity contribution is 5.99. The van der Waals surface area contributed by atoms with Gasteiger partial charge in [-0.2, -0.15) is 0 Å². The predicted octanol–water partition coefficient (Wildman–Crippen LogP) is 2.36. The smallest absolute Gasteiger partial charge is 0.313 e. The lowest BCUT2D eigenvalue weighted by atomic mass is 9.97. The van der Waals surface area contributed by atoms with E-state index in [1.54, 1.807) is 40.0 Å². The number of rotatable bonds is 1. The Labute approximate surface area is 107 Å². The molecule has 1 aromatic rings. The van der Waals surface area contributed by atoms with E-state index in [-0.39, 0.29) is 11.9 Å². The zero-order valence-corrected chi connectivity index (χ0v) is 11.1. The lowest BCUT2D eigenvalue weighted by Gasteiger charge is -2.25. The summed E-state index contributed by atoms with van der Waals surface area (Å²) in [7, 11) is 1.64. The van der Waals surface area contributed by atoms with Crippen molar-refractivity contribution in [2.45, 2.75) is 27.0 Å². The van der Waals surface area contributed by atoms with Crippen LogP contribution in [0, 0.1) is 5.41 Å². The van der Waals surface area contributed by atoms with Crippen LogP contribution in [0.1, 0.15) is 42.9 Å². The normalized spacial score (nSPS) is 18.8. The van der Waals surface area contributed by atoms with Gasteiger partial charge in [0.05, 0.1) is 5.41 Å². The van der Waals surface area contributed by atoms with E-state index in [9.17, 15) is 9.59 Å². The van der Waals surface area contributed by atoms with Crippen LogP contribution in [0.25, 0.3) is 0 Å². The SMILES string of the molecule is CN1C(=O)c2ccccc2[C@@H]1OC(=O)C(C)(C)C. The van der Waals surface area contributed by atoms with Crippen LogP contribution in [-0.4, -0.2) is 23.8 Å². The fraction of sp³-hybridized carbons (Fsp3) is 0.429. The fourth-order valence-electron chi connectivity index (χ4n) is 1.83. The molecule has 4 heteroatoms. The number of nitrogens with zero attached hydrogens (tertiary/aromatic N) is 1. The molecule has 2 rings (SSSR count). The highest BCUT2D eigenvalue weighted by Crippen LogP contribution is 2.34. The minimum absolute atomic E-state index is 0.114. The molecule has 0 N–H and O–H groups in total. The molecule has 18 heavy (non-hydrogen) atoms. The van der Waals surface area contributed by atoms with Gasteiger partial charge in [0, 0.05) is 18.2 Å². The summed E-state index contributed by atoms with van der Waals surface area (Å²) in [6.45, 7) is 5.37. The second kappa shape index (κ2) is 4.12. The van der Waals surface area contributed by atoms with Crippen molar-refractivity contribution in [3.8, 4) is 0 Å². The number of esters is 1. The molecule has 0 spiro atoms. The highest BCUT2D eigenvalue weighted by Gasteiger charge is 2.38. The molecule has 0 bridgehead atoms. The van der Waals surface area contributed by atoms with Gasteiger partial charge in [0.15, 0.2) is 0 Å². The van der Waals surface area contributed by atoms with Crippen molar-refractivity contribution in [3.05, 3.63) is 35.4 Å². The zero-order valence-electron chi connectivity index (χ0n) is 11.1. The van der Waals surface area contributed by atoms with E-state index in [1.165, 1.54) is 4.90 Å². The summed E-state index contributed by atoms with van der Waals surface area (Å²) in [4.78, 5) is 25.3. The van der Waals surface area contributed by atoms with Gasteiger partial charge in [0.1, 0.15) is 0 Å². The summed E-state index contributed by atoms with van der Waals surface area (Å²) >= 11 is 0. The Bertz CT molecular complexity index is 502. The van der Waals surface area contributed by atoms with Crippen molar-refractivity contribution in [2.75, 3.05) is 7.05 Å². The van der Waals surface area contributed by atoms with Gasteiger partial charge < -0.3 is 9.64 Å². The molecule has 1 aromatic carbocycles. The van der Waals surface area contributed by atoms with E-state index in [1.807, 2.05) is 12.1 Å². The van der Waals surface area contributed by atoms with Gasteiger partial charge in [-0.3, -0.25) is 9.59 Å². The molecule has 1 atom stereocenters. The average Bonchev–Trinajstić information content (AvgIpc) is 2.54. The van der Waals surface area contributed by atoms with Crippen LogP contribution in [0.15, 0.2) is 24.3 Å². The predicted molar refractivity (Wildman–Crippen MR) is 66.8 cm³/mol. The molecule has 1 aliphatic heterocycles.